The molecule has 2 aromatic rings. The van der Waals surface area contributed by atoms with Crippen molar-refractivity contribution < 1.29 is 23.8 Å². The first kappa shape index (κ1) is 22.3. The normalized spacial score (nSPS) is 11.5. The number of hydrogen-bond acceptors (Lipinski definition) is 5. The van der Waals surface area contributed by atoms with Gasteiger partial charge in [-0.25, -0.2) is 4.79 Å². The number of hydrogen-bond donors (Lipinski definition) is 1. The maximum atomic E-state index is 12.5. The van der Waals surface area contributed by atoms with Gasteiger partial charge in [-0.15, -0.1) is 0 Å². The minimum Gasteiger partial charge on any atom is -0.490 e. The third-order valence-electron chi connectivity index (χ3n) is 4.24. The molecule has 0 heterocycles. The molecule has 1 N–H and O–H groups in total. The molecule has 0 aliphatic heterocycles. The third-order valence-corrected chi connectivity index (χ3v) is 4.24. The summed E-state index contributed by atoms with van der Waals surface area (Å²) in [5.74, 6) is 0.0606. The van der Waals surface area contributed by atoms with Crippen LogP contribution in [0.1, 0.15) is 48.7 Å². The van der Waals surface area contributed by atoms with E-state index < -0.39 is 12.1 Å². The van der Waals surface area contributed by atoms with Gasteiger partial charge in [-0.05, 0) is 69.5 Å². The second-order valence-corrected chi connectivity index (χ2v) is 6.80. The molecule has 156 valence electrons. The number of ether oxygens (including phenoxy) is 3. The van der Waals surface area contributed by atoms with E-state index in [9.17, 15) is 9.59 Å². The molecule has 2 aromatic carbocycles. The van der Waals surface area contributed by atoms with E-state index in [2.05, 4.69) is 5.32 Å². The lowest BCUT2D eigenvalue weighted by Gasteiger charge is -2.16. The summed E-state index contributed by atoms with van der Waals surface area (Å²) in [5, 5.41) is 2.81. The Morgan fingerprint density at radius 1 is 1.00 bits per heavy atom. The van der Waals surface area contributed by atoms with Gasteiger partial charge in [0.25, 0.3) is 5.91 Å². The summed E-state index contributed by atoms with van der Waals surface area (Å²) in [7, 11) is 0. The number of carbonyl (C=O) groups is 2. The van der Waals surface area contributed by atoms with Crippen LogP contribution in [0, 0.1) is 13.8 Å². The smallest absolute Gasteiger partial charge is 0.339 e. The van der Waals surface area contributed by atoms with E-state index >= 15 is 0 Å². The first-order valence-electron chi connectivity index (χ1n) is 9.84. The number of amides is 1. The molecule has 6 heteroatoms. The standard InChI is InChI=1S/C23H29NO5/c1-6-12-28-20-11-10-18(14-21(20)27-7-2)23(26)29-17(5)22(25)24-19-13-15(3)8-9-16(19)4/h8-11,13-14,17H,6-7,12H2,1-5H3,(H,24,25)/t17-/m0/s1. The molecule has 0 aliphatic rings. The Bertz CT molecular complexity index is 862. The maximum absolute atomic E-state index is 12.5. The minimum atomic E-state index is -0.950. The average molecular weight is 399 g/mol. The topological polar surface area (TPSA) is 73.9 Å². The number of nitrogens with one attached hydrogen (secondary N) is 1. The third kappa shape index (κ3) is 6.24. The summed E-state index contributed by atoms with van der Waals surface area (Å²) < 4.78 is 16.6. The quantitative estimate of drug-likeness (QED) is 0.620. The summed E-state index contributed by atoms with van der Waals surface area (Å²) >= 11 is 0. The van der Waals surface area contributed by atoms with Crippen molar-refractivity contribution in [2.45, 2.75) is 47.1 Å². The fourth-order valence-electron chi connectivity index (χ4n) is 2.62. The van der Waals surface area contributed by atoms with Gasteiger partial charge < -0.3 is 19.5 Å². The van der Waals surface area contributed by atoms with Crippen molar-refractivity contribution in [1.29, 1.82) is 0 Å². The number of anilines is 1. The van der Waals surface area contributed by atoms with Gasteiger partial charge in [0.05, 0.1) is 18.8 Å². The second-order valence-electron chi connectivity index (χ2n) is 6.80. The van der Waals surface area contributed by atoms with Crippen molar-refractivity contribution in [3.8, 4) is 11.5 Å². The molecule has 0 aromatic heterocycles. The van der Waals surface area contributed by atoms with Crippen LogP contribution in [0.4, 0.5) is 5.69 Å². The van der Waals surface area contributed by atoms with Crippen LogP contribution in [0.2, 0.25) is 0 Å². The Morgan fingerprint density at radius 3 is 2.45 bits per heavy atom. The Morgan fingerprint density at radius 2 is 1.76 bits per heavy atom. The maximum Gasteiger partial charge on any atom is 0.339 e. The predicted octanol–water partition coefficient (Wildman–Crippen LogP) is 4.67. The van der Waals surface area contributed by atoms with Gasteiger partial charge >= 0.3 is 5.97 Å². The molecule has 29 heavy (non-hydrogen) atoms. The summed E-state index contributed by atoms with van der Waals surface area (Å²) in [6.07, 6.45) is -0.0865. The van der Waals surface area contributed by atoms with E-state index in [0.717, 1.165) is 17.5 Å². The fraction of sp³-hybridized carbons (Fsp3) is 0.391. The summed E-state index contributed by atoms with van der Waals surface area (Å²) in [5.41, 5.74) is 2.97. The van der Waals surface area contributed by atoms with Crippen molar-refractivity contribution in [3.63, 3.8) is 0 Å². The molecule has 2 rings (SSSR count). The fourth-order valence-corrected chi connectivity index (χ4v) is 2.62. The molecule has 1 atom stereocenters. The number of esters is 1. The van der Waals surface area contributed by atoms with Crippen LogP contribution in [0.15, 0.2) is 36.4 Å². The number of aryl methyl sites for hydroxylation is 2. The van der Waals surface area contributed by atoms with Crippen LogP contribution in [0.5, 0.6) is 11.5 Å². The van der Waals surface area contributed by atoms with Crippen LogP contribution in [0.25, 0.3) is 0 Å². The van der Waals surface area contributed by atoms with Crippen LogP contribution in [-0.4, -0.2) is 31.2 Å². The second kappa shape index (κ2) is 10.5. The molecule has 0 aliphatic carbocycles. The molecule has 0 bridgehead atoms. The van der Waals surface area contributed by atoms with Crippen molar-refractivity contribution in [3.05, 3.63) is 53.1 Å². The molecule has 0 radical (unpaired) electrons. The van der Waals surface area contributed by atoms with Gasteiger partial charge in [-0.3, -0.25) is 4.79 Å². The zero-order valence-electron chi connectivity index (χ0n) is 17.7. The van der Waals surface area contributed by atoms with Crippen molar-refractivity contribution in [2.75, 3.05) is 18.5 Å². The number of benzene rings is 2. The average Bonchev–Trinajstić information content (AvgIpc) is 2.69. The number of carbonyl (C=O) groups excluding carboxylic acids is 2. The Labute approximate surface area is 172 Å². The molecule has 0 spiro atoms. The minimum absolute atomic E-state index is 0.295. The first-order chi connectivity index (χ1) is 13.8. The van der Waals surface area contributed by atoms with E-state index in [-0.39, 0.29) is 5.91 Å². The Hall–Kier alpha value is -3.02. The molecule has 0 saturated carbocycles. The largest absolute Gasteiger partial charge is 0.490 e. The highest BCUT2D eigenvalue weighted by atomic mass is 16.5. The van der Waals surface area contributed by atoms with Crippen LogP contribution in [0.3, 0.4) is 0 Å². The molecule has 6 nitrogen and oxygen atoms in total. The molecule has 0 fully saturated rings. The van der Waals surface area contributed by atoms with E-state index in [1.54, 1.807) is 25.1 Å². The lowest BCUT2D eigenvalue weighted by atomic mass is 10.1. The predicted molar refractivity (Wildman–Crippen MR) is 113 cm³/mol. The lowest BCUT2D eigenvalue weighted by molar-refractivity contribution is -0.123. The molecular weight excluding hydrogens is 370 g/mol. The summed E-state index contributed by atoms with van der Waals surface area (Å²) in [6.45, 7) is 10.3. The molecule has 0 saturated heterocycles. The van der Waals surface area contributed by atoms with Gasteiger partial charge in [-0.2, -0.15) is 0 Å². The molecule has 1 amide bonds. The van der Waals surface area contributed by atoms with Crippen molar-refractivity contribution >= 4 is 17.6 Å². The SMILES string of the molecule is CCCOc1ccc(C(=O)O[C@@H](C)C(=O)Nc2cc(C)ccc2C)cc1OCC. The highest BCUT2D eigenvalue weighted by Crippen LogP contribution is 2.29. The first-order valence-corrected chi connectivity index (χ1v) is 9.84. The summed E-state index contributed by atoms with van der Waals surface area (Å²) in [4.78, 5) is 25.0. The van der Waals surface area contributed by atoms with Gasteiger partial charge in [0, 0.05) is 5.69 Å². The zero-order valence-corrected chi connectivity index (χ0v) is 17.7. The van der Waals surface area contributed by atoms with Gasteiger partial charge in [0.1, 0.15) is 0 Å². The Balaban J connectivity index is 2.07. The van der Waals surface area contributed by atoms with E-state index in [1.807, 2.05) is 45.9 Å². The zero-order chi connectivity index (χ0) is 21.4. The van der Waals surface area contributed by atoms with Crippen LogP contribution < -0.4 is 14.8 Å². The van der Waals surface area contributed by atoms with Crippen LogP contribution >= 0.6 is 0 Å². The van der Waals surface area contributed by atoms with Gasteiger partial charge in [-0.1, -0.05) is 19.1 Å². The van der Waals surface area contributed by atoms with E-state index in [1.165, 1.54) is 0 Å². The van der Waals surface area contributed by atoms with Crippen molar-refractivity contribution in [2.24, 2.45) is 0 Å². The van der Waals surface area contributed by atoms with Crippen molar-refractivity contribution in [1.82, 2.24) is 0 Å². The van der Waals surface area contributed by atoms with E-state index in [4.69, 9.17) is 14.2 Å². The lowest BCUT2D eigenvalue weighted by Crippen LogP contribution is -2.30. The molecule has 0 unspecified atom stereocenters. The highest BCUT2D eigenvalue weighted by Gasteiger charge is 2.21. The van der Waals surface area contributed by atoms with Gasteiger partial charge in [0.15, 0.2) is 17.6 Å². The van der Waals surface area contributed by atoms with E-state index in [0.29, 0.717) is 36.0 Å². The summed E-state index contributed by atoms with van der Waals surface area (Å²) in [6, 6.07) is 10.6. The highest BCUT2D eigenvalue weighted by molar-refractivity contribution is 5.98. The monoisotopic (exact) mass is 399 g/mol. The molecular formula is C23H29NO5. The van der Waals surface area contributed by atoms with Crippen LogP contribution in [-0.2, 0) is 9.53 Å². The van der Waals surface area contributed by atoms with Gasteiger partial charge in [0.2, 0.25) is 0 Å². The Kier molecular flexibility index (Phi) is 8.07. The number of rotatable bonds is 9.